The van der Waals surface area contributed by atoms with Crippen molar-refractivity contribution in [2.75, 3.05) is 13.2 Å². The number of alkyl carbamates (subject to hydrolysis) is 1. The van der Waals surface area contributed by atoms with Crippen LogP contribution in [0.2, 0.25) is 5.02 Å². The van der Waals surface area contributed by atoms with Gasteiger partial charge in [0.25, 0.3) is 0 Å². The highest BCUT2D eigenvalue weighted by Gasteiger charge is 2.48. The topological polar surface area (TPSA) is 93.5 Å². The predicted octanol–water partition coefficient (Wildman–Crippen LogP) is 2.95. The number of nitrogens with zero attached hydrogens (tertiary/aromatic N) is 3. The molecule has 29 heavy (non-hydrogen) atoms. The first-order valence-corrected chi connectivity index (χ1v) is 11.5. The minimum Gasteiger partial charge on any atom is -0.448 e. The van der Waals surface area contributed by atoms with E-state index in [4.69, 9.17) is 16.3 Å². The van der Waals surface area contributed by atoms with Crippen molar-refractivity contribution in [3.8, 4) is 0 Å². The normalized spacial score (nSPS) is 22.7. The van der Waals surface area contributed by atoms with Crippen molar-refractivity contribution in [1.82, 2.24) is 19.2 Å². The number of amides is 1. The van der Waals surface area contributed by atoms with Crippen LogP contribution < -0.4 is 5.32 Å². The Labute approximate surface area is 174 Å². The zero-order valence-corrected chi connectivity index (χ0v) is 17.4. The lowest BCUT2D eigenvalue weighted by Crippen LogP contribution is -2.45. The first-order valence-electron chi connectivity index (χ1n) is 9.66. The molecule has 10 heteroatoms. The first kappa shape index (κ1) is 20.2. The van der Waals surface area contributed by atoms with E-state index in [0.29, 0.717) is 22.9 Å². The lowest BCUT2D eigenvalue weighted by Gasteiger charge is -2.35. The van der Waals surface area contributed by atoms with Gasteiger partial charge in [-0.1, -0.05) is 11.6 Å². The molecular weight excluding hydrogens is 416 g/mol. The van der Waals surface area contributed by atoms with Crippen molar-refractivity contribution < 1.29 is 17.9 Å². The summed E-state index contributed by atoms with van der Waals surface area (Å²) in [7, 11) is -3.61. The van der Waals surface area contributed by atoms with Gasteiger partial charge < -0.3 is 14.6 Å². The molecule has 1 fully saturated rings. The van der Waals surface area contributed by atoms with Crippen molar-refractivity contribution in [2.24, 2.45) is 0 Å². The summed E-state index contributed by atoms with van der Waals surface area (Å²) in [5.74, 6) is 0. The molecule has 4 rings (SSSR count). The summed E-state index contributed by atoms with van der Waals surface area (Å²) in [4.78, 5) is 16.3. The number of ether oxygens (including phenoxy) is 1. The molecule has 1 aromatic heterocycles. The van der Waals surface area contributed by atoms with Gasteiger partial charge >= 0.3 is 6.09 Å². The van der Waals surface area contributed by atoms with Crippen LogP contribution in [0.4, 0.5) is 4.79 Å². The van der Waals surface area contributed by atoms with Crippen LogP contribution in [0.5, 0.6) is 0 Å². The van der Waals surface area contributed by atoms with Gasteiger partial charge in [0.15, 0.2) is 0 Å². The van der Waals surface area contributed by atoms with E-state index in [1.807, 2.05) is 10.8 Å². The Hall–Kier alpha value is -2.10. The number of hydrogen-bond acceptors (Lipinski definition) is 5. The van der Waals surface area contributed by atoms with Gasteiger partial charge in [-0.25, -0.2) is 18.2 Å². The monoisotopic (exact) mass is 438 g/mol. The summed E-state index contributed by atoms with van der Waals surface area (Å²) in [5, 5.41) is 3.23. The third-order valence-electron chi connectivity index (χ3n) is 5.40. The summed E-state index contributed by atoms with van der Waals surface area (Å²) >= 11 is 6.08. The zero-order chi connectivity index (χ0) is 20.4. The number of nitrogens with one attached hydrogen (secondary N) is 1. The van der Waals surface area contributed by atoms with Gasteiger partial charge in [0.1, 0.15) is 6.61 Å². The summed E-state index contributed by atoms with van der Waals surface area (Å²) in [5.41, 5.74) is 0.742. The quantitative estimate of drug-likeness (QED) is 0.700. The van der Waals surface area contributed by atoms with Crippen molar-refractivity contribution >= 4 is 27.7 Å². The Morgan fingerprint density at radius 2 is 2.21 bits per heavy atom. The second kappa shape index (κ2) is 8.33. The summed E-state index contributed by atoms with van der Waals surface area (Å²) in [6.45, 7) is 1.25. The number of sulfonamides is 1. The highest BCUT2D eigenvalue weighted by molar-refractivity contribution is 7.89. The van der Waals surface area contributed by atoms with Gasteiger partial charge in [-0.2, -0.15) is 4.31 Å². The molecular formula is C19H23ClN4O4S. The Morgan fingerprint density at radius 3 is 3.00 bits per heavy atom. The third kappa shape index (κ3) is 4.12. The number of imidazole rings is 1. The van der Waals surface area contributed by atoms with Crippen LogP contribution in [0, 0.1) is 0 Å². The maximum absolute atomic E-state index is 13.0. The fourth-order valence-corrected chi connectivity index (χ4v) is 6.34. The number of piperidine rings is 1. The minimum atomic E-state index is -3.61. The van der Waals surface area contributed by atoms with E-state index in [-0.39, 0.29) is 18.7 Å². The molecule has 156 valence electrons. The standard InChI is InChI=1S/C19H23ClN4O4S/c20-14-5-6-18-16(11-14)17-4-1-3-15(24(17)29(18,26)27)12-28-19(25)22-7-2-9-23-10-8-21-13-23/h5-6,8,10-11,13,15,17H,1-4,7,9,12H2,(H,22,25)/t15-,17+/m1/s1. The second-order valence-corrected chi connectivity index (χ2v) is 9.54. The van der Waals surface area contributed by atoms with Crippen molar-refractivity contribution in [1.29, 1.82) is 0 Å². The summed E-state index contributed by atoms with van der Waals surface area (Å²) in [6.07, 6.45) is 7.76. The SMILES string of the molecule is O=C(NCCCn1ccnc1)OC[C@H]1CCC[C@H]2c3cc(Cl)ccc3S(=O)(=O)N12. The average molecular weight is 439 g/mol. The zero-order valence-electron chi connectivity index (χ0n) is 15.8. The van der Waals surface area contributed by atoms with Gasteiger partial charge in [-0.05, 0) is 49.4 Å². The Bertz CT molecular complexity index is 980. The first-order chi connectivity index (χ1) is 14.0. The molecule has 8 nitrogen and oxygen atoms in total. The summed E-state index contributed by atoms with van der Waals surface area (Å²) in [6, 6.07) is 4.28. The molecule has 0 radical (unpaired) electrons. The van der Waals surface area contributed by atoms with Crippen molar-refractivity contribution in [3.05, 3.63) is 47.5 Å². The molecule has 0 bridgehead atoms. The van der Waals surface area contributed by atoms with E-state index < -0.39 is 16.1 Å². The molecule has 0 unspecified atom stereocenters. The minimum absolute atomic E-state index is 0.0325. The van der Waals surface area contributed by atoms with E-state index in [1.165, 1.54) is 4.31 Å². The Morgan fingerprint density at radius 1 is 1.34 bits per heavy atom. The van der Waals surface area contributed by atoms with Gasteiger partial charge in [-0.3, -0.25) is 0 Å². The van der Waals surface area contributed by atoms with Crippen LogP contribution in [-0.2, 0) is 21.3 Å². The smallest absolute Gasteiger partial charge is 0.407 e. The molecule has 0 aliphatic carbocycles. The van der Waals surface area contributed by atoms with Gasteiger partial charge in [0.05, 0.1) is 23.3 Å². The fraction of sp³-hybridized carbons (Fsp3) is 0.474. The van der Waals surface area contributed by atoms with E-state index in [2.05, 4.69) is 10.3 Å². The predicted molar refractivity (Wildman–Crippen MR) is 107 cm³/mol. The largest absolute Gasteiger partial charge is 0.448 e. The van der Waals surface area contributed by atoms with Crippen molar-refractivity contribution in [2.45, 2.75) is 49.2 Å². The number of carbonyl (C=O) groups is 1. The number of aromatic nitrogens is 2. The van der Waals surface area contributed by atoms with Gasteiger partial charge in [-0.15, -0.1) is 0 Å². The maximum atomic E-state index is 13.0. The van der Waals surface area contributed by atoms with Crippen LogP contribution in [0.15, 0.2) is 41.8 Å². The lowest BCUT2D eigenvalue weighted by atomic mass is 9.94. The second-order valence-electron chi connectivity index (χ2n) is 7.30. The van der Waals surface area contributed by atoms with E-state index >= 15 is 0 Å². The number of hydrogen-bond donors (Lipinski definition) is 1. The van der Waals surface area contributed by atoms with E-state index in [1.54, 1.807) is 30.7 Å². The molecule has 1 aromatic carbocycles. The molecule has 0 saturated carbocycles. The molecule has 0 spiro atoms. The number of fused-ring (bicyclic) bond motifs is 3. The van der Waals surface area contributed by atoms with Crippen molar-refractivity contribution in [3.63, 3.8) is 0 Å². The van der Waals surface area contributed by atoms with Gasteiger partial charge in [0.2, 0.25) is 10.0 Å². The molecule has 2 aliphatic heterocycles. The maximum Gasteiger partial charge on any atom is 0.407 e. The van der Waals surface area contributed by atoms with Crippen LogP contribution >= 0.6 is 11.6 Å². The number of aryl methyl sites for hydroxylation is 1. The van der Waals surface area contributed by atoms with E-state index in [0.717, 1.165) is 31.4 Å². The number of benzene rings is 1. The Kier molecular flexibility index (Phi) is 5.80. The average Bonchev–Trinajstić information content (AvgIpc) is 3.29. The molecule has 1 saturated heterocycles. The molecule has 2 atom stereocenters. The molecule has 1 N–H and O–H groups in total. The van der Waals surface area contributed by atoms with Crippen LogP contribution in [0.1, 0.15) is 37.3 Å². The highest BCUT2D eigenvalue weighted by atomic mass is 35.5. The Balaban J connectivity index is 1.33. The van der Waals surface area contributed by atoms with Crippen LogP contribution in [0.3, 0.4) is 0 Å². The number of carbonyl (C=O) groups excluding carboxylic acids is 1. The highest BCUT2D eigenvalue weighted by Crippen LogP contribution is 2.47. The fourth-order valence-electron chi connectivity index (χ4n) is 4.09. The van der Waals surface area contributed by atoms with Crippen LogP contribution in [-0.4, -0.2) is 47.6 Å². The summed E-state index contributed by atoms with van der Waals surface area (Å²) < 4.78 is 34.8. The number of rotatable bonds is 6. The van der Waals surface area contributed by atoms with Crippen LogP contribution in [0.25, 0.3) is 0 Å². The number of halogens is 1. The third-order valence-corrected chi connectivity index (χ3v) is 7.67. The van der Waals surface area contributed by atoms with E-state index in [9.17, 15) is 13.2 Å². The van der Waals surface area contributed by atoms with Gasteiger partial charge in [0, 0.05) is 30.5 Å². The molecule has 2 aliphatic rings. The molecule has 2 aromatic rings. The molecule has 1 amide bonds. The lowest BCUT2D eigenvalue weighted by molar-refractivity contribution is 0.0886. The molecule has 3 heterocycles.